The van der Waals surface area contributed by atoms with Gasteiger partial charge < -0.3 is 0 Å². The van der Waals surface area contributed by atoms with Crippen LogP contribution in [-0.2, 0) is 0 Å². The Morgan fingerprint density at radius 1 is 1.50 bits per heavy atom. The molecule has 1 rings (SSSR count). The van der Waals surface area contributed by atoms with Gasteiger partial charge in [0, 0.05) is 23.5 Å². The van der Waals surface area contributed by atoms with Crippen LogP contribution in [0.4, 0.5) is 0 Å². The summed E-state index contributed by atoms with van der Waals surface area (Å²) in [7, 11) is 0. The number of rotatable bonds is 6. The van der Waals surface area contributed by atoms with E-state index in [0.717, 1.165) is 17.2 Å². The largest absolute Gasteiger partial charge is 0.260 e. The smallest absolute Gasteiger partial charge is 0.114 e. The molecule has 78 valence electrons. The fraction of sp³-hybridized carbons (Fsp3) is 0.600. The van der Waals surface area contributed by atoms with E-state index in [1.165, 1.54) is 12.8 Å². The third-order valence-corrected chi connectivity index (χ3v) is 3.45. The summed E-state index contributed by atoms with van der Waals surface area (Å²) >= 11 is 7.81. The first-order chi connectivity index (χ1) is 6.83. The second-order valence-corrected chi connectivity index (χ2v) is 4.75. The first kappa shape index (κ1) is 11.8. The molecule has 0 fully saturated rings. The number of hydrogen-bond acceptors (Lipinski definition) is 3. The summed E-state index contributed by atoms with van der Waals surface area (Å²) in [6.07, 6.45) is 8.66. The van der Waals surface area contributed by atoms with Crippen LogP contribution < -0.4 is 0 Å². The molecule has 0 bridgehead atoms. The van der Waals surface area contributed by atoms with Gasteiger partial charge in [0.2, 0.25) is 0 Å². The Labute approximate surface area is 94.5 Å². The molecular formula is C10H15ClN2S. The molecule has 1 unspecified atom stereocenters. The lowest BCUT2D eigenvalue weighted by Crippen LogP contribution is -2.01. The lowest BCUT2D eigenvalue weighted by atomic mass is 10.2. The number of nitrogens with zero attached hydrogens (tertiary/aromatic N) is 2. The quantitative estimate of drug-likeness (QED) is 0.554. The van der Waals surface area contributed by atoms with Crippen molar-refractivity contribution in [2.45, 2.75) is 36.6 Å². The molecule has 0 aromatic carbocycles. The van der Waals surface area contributed by atoms with Gasteiger partial charge in [-0.1, -0.05) is 19.8 Å². The van der Waals surface area contributed by atoms with Crippen molar-refractivity contribution in [1.29, 1.82) is 0 Å². The van der Waals surface area contributed by atoms with E-state index in [2.05, 4.69) is 16.9 Å². The fourth-order valence-corrected chi connectivity index (χ4v) is 2.18. The number of alkyl halides is 1. The summed E-state index contributed by atoms with van der Waals surface area (Å²) < 4.78 is 0. The van der Waals surface area contributed by atoms with Gasteiger partial charge in [-0.05, 0) is 6.42 Å². The molecule has 0 saturated carbocycles. The first-order valence-corrected chi connectivity index (χ1v) is 6.28. The van der Waals surface area contributed by atoms with Crippen molar-refractivity contribution < 1.29 is 0 Å². The predicted octanol–water partition coefficient (Wildman–Crippen LogP) is 3.37. The van der Waals surface area contributed by atoms with Gasteiger partial charge in [0.1, 0.15) is 5.03 Å². The van der Waals surface area contributed by atoms with Crippen molar-refractivity contribution in [1.82, 2.24) is 9.97 Å². The van der Waals surface area contributed by atoms with Crippen LogP contribution in [0.3, 0.4) is 0 Å². The SMILES string of the molecule is CCCCC(Cl)CSc1cnccn1. The Morgan fingerprint density at radius 3 is 3.00 bits per heavy atom. The van der Waals surface area contributed by atoms with Gasteiger partial charge in [0.25, 0.3) is 0 Å². The van der Waals surface area contributed by atoms with Crippen LogP contribution in [0.2, 0.25) is 0 Å². The van der Waals surface area contributed by atoms with Gasteiger partial charge in [-0.3, -0.25) is 4.98 Å². The van der Waals surface area contributed by atoms with Crippen LogP contribution in [0.1, 0.15) is 26.2 Å². The zero-order valence-corrected chi connectivity index (χ0v) is 9.89. The Hall–Kier alpha value is -0.280. The molecule has 1 heterocycles. The molecule has 14 heavy (non-hydrogen) atoms. The van der Waals surface area contributed by atoms with E-state index in [9.17, 15) is 0 Å². The zero-order chi connectivity index (χ0) is 10.2. The lowest BCUT2D eigenvalue weighted by Gasteiger charge is -2.06. The van der Waals surface area contributed by atoms with E-state index in [0.29, 0.717) is 0 Å². The van der Waals surface area contributed by atoms with E-state index >= 15 is 0 Å². The van der Waals surface area contributed by atoms with Crippen molar-refractivity contribution >= 4 is 23.4 Å². The first-order valence-electron chi connectivity index (χ1n) is 4.85. The van der Waals surface area contributed by atoms with E-state index in [4.69, 9.17) is 11.6 Å². The highest BCUT2D eigenvalue weighted by Gasteiger charge is 2.05. The van der Waals surface area contributed by atoms with Crippen molar-refractivity contribution in [2.75, 3.05) is 5.75 Å². The molecule has 1 aromatic rings. The minimum atomic E-state index is 0.252. The molecular weight excluding hydrogens is 216 g/mol. The minimum absolute atomic E-state index is 0.252. The topological polar surface area (TPSA) is 25.8 Å². The molecule has 0 radical (unpaired) electrons. The Bertz CT molecular complexity index is 243. The van der Waals surface area contributed by atoms with E-state index in [1.807, 2.05) is 0 Å². The highest BCUT2D eigenvalue weighted by molar-refractivity contribution is 7.99. The number of hydrogen-bond donors (Lipinski definition) is 0. The fourth-order valence-electron chi connectivity index (χ4n) is 1.04. The maximum absolute atomic E-state index is 6.14. The number of halogens is 1. The van der Waals surface area contributed by atoms with Crippen LogP contribution in [-0.4, -0.2) is 21.1 Å². The van der Waals surface area contributed by atoms with Gasteiger partial charge in [-0.2, -0.15) is 0 Å². The Morgan fingerprint density at radius 2 is 2.36 bits per heavy atom. The molecule has 0 amide bonds. The third kappa shape index (κ3) is 4.82. The van der Waals surface area contributed by atoms with Gasteiger partial charge in [-0.25, -0.2) is 4.98 Å². The van der Waals surface area contributed by atoms with E-state index < -0.39 is 0 Å². The highest BCUT2D eigenvalue weighted by atomic mass is 35.5. The van der Waals surface area contributed by atoms with Crippen LogP contribution in [0.5, 0.6) is 0 Å². The minimum Gasteiger partial charge on any atom is -0.260 e. The molecule has 0 aliphatic carbocycles. The van der Waals surface area contributed by atoms with Gasteiger partial charge in [0.05, 0.1) is 6.20 Å². The molecule has 0 aliphatic heterocycles. The summed E-state index contributed by atoms with van der Waals surface area (Å²) in [6.45, 7) is 2.18. The molecule has 0 spiro atoms. The molecule has 0 N–H and O–H groups in total. The third-order valence-electron chi connectivity index (χ3n) is 1.82. The Kier molecular flexibility index (Phi) is 5.96. The summed E-state index contributed by atoms with van der Waals surface area (Å²) in [5.74, 6) is 0.917. The van der Waals surface area contributed by atoms with Gasteiger partial charge in [0.15, 0.2) is 0 Å². The molecule has 2 nitrogen and oxygen atoms in total. The second-order valence-electron chi connectivity index (χ2n) is 3.09. The average Bonchev–Trinajstić information content (AvgIpc) is 2.25. The van der Waals surface area contributed by atoms with Crippen molar-refractivity contribution in [2.24, 2.45) is 0 Å². The summed E-state index contributed by atoms with van der Waals surface area (Å²) in [5.41, 5.74) is 0. The second kappa shape index (κ2) is 7.07. The molecule has 1 atom stereocenters. The van der Waals surface area contributed by atoms with Crippen molar-refractivity contribution in [3.05, 3.63) is 18.6 Å². The predicted molar refractivity (Wildman–Crippen MR) is 61.9 cm³/mol. The molecule has 4 heteroatoms. The van der Waals surface area contributed by atoms with Crippen LogP contribution >= 0.6 is 23.4 Å². The maximum atomic E-state index is 6.14. The summed E-state index contributed by atoms with van der Waals surface area (Å²) in [4.78, 5) is 8.17. The zero-order valence-electron chi connectivity index (χ0n) is 8.32. The van der Waals surface area contributed by atoms with Crippen molar-refractivity contribution in [3.63, 3.8) is 0 Å². The van der Waals surface area contributed by atoms with Crippen molar-refractivity contribution in [3.8, 4) is 0 Å². The summed E-state index contributed by atoms with van der Waals surface area (Å²) in [6, 6.07) is 0. The summed E-state index contributed by atoms with van der Waals surface area (Å²) in [5, 5.41) is 1.21. The molecule has 0 aliphatic rings. The van der Waals surface area contributed by atoms with Crippen LogP contribution in [0.25, 0.3) is 0 Å². The monoisotopic (exact) mass is 230 g/mol. The van der Waals surface area contributed by atoms with E-state index in [1.54, 1.807) is 30.4 Å². The average molecular weight is 231 g/mol. The number of thioether (sulfide) groups is 1. The highest BCUT2D eigenvalue weighted by Crippen LogP contribution is 2.19. The lowest BCUT2D eigenvalue weighted by molar-refractivity contribution is 0.712. The normalized spacial score (nSPS) is 12.7. The number of aromatic nitrogens is 2. The standard InChI is InChI=1S/C10H15ClN2S/c1-2-3-4-9(11)8-14-10-7-12-5-6-13-10/h5-7,9H,2-4,8H2,1H3. The molecule has 0 saturated heterocycles. The van der Waals surface area contributed by atoms with Crippen LogP contribution in [0, 0.1) is 0 Å². The maximum Gasteiger partial charge on any atom is 0.114 e. The van der Waals surface area contributed by atoms with Gasteiger partial charge >= 0.3 is 0 Å². The molecule has 1 aromatic heterocycles. The van der Waals surface area contributed by atoms with E-state index in [-0.39, 0.29) is 5.38 Å². The Balaban J connectivity index is 2.20. The van der Waals surface area contributed by atoms with Crippen LogP contribution in [0.15, 0.2) is 23.6 Å². The van der Waals surface area contributed by atoms with Gasteiger partial charge in [-0.15, -0.1) is 23.4 Å². The number of unbranched alkanes of at least 4 members (excludes halogenated alkanes) is 1.